The zero-order chi connectivity index (χ0) is 26.8. The third-order valence-electron chi connectivity index (χ3n) is 7.11. The summed E-state index contributed by atoms with van der Waals surface area (Å²) in [4.78, 5) is 9.59. The number of aryl methyl sites for hydroxylation is 5. The van der Waals surface area contributed by atoms with Gasteiger partial charge >= 0.3 is 0 Å². The van der Waals surface area contributed by atoms with Crippen LogP contribution in [0.15, 0.2) is 103 Å². The van der Waals surface area contributed by atoms with Crippen molar-refractivity contribution in [2.45, 2.75) is 34.6 Å². The van der Waals surface area contributed by atoms with E-state index in [0.717, 1.165) is 28.7 Å². The van der Waals surface area contributed by atoms with E-state index in [2.05, 4.69) is 155 Å². The Morgan fingerprint density at radius 1 is 0.500 bits per heavy atom. The lowest BCUT2D eigenvalue weighted by molar-refractivity contribution is 1.09. The minimum absolute atomic E-state index is 0.883. The van der Waals surface area contributed by atoms with Gasteiger partial charge < -0.3 is 4.90 Å². The van der Waals surface area contributed by atoms with Crippen molar-refractivity contribution in [2.75, 3.05) is 16.8 Å². The first-order valence-electron chi connectivity index (χ1n) is 13.1. The number of rotatable bonds is 6. The lowest BCUT2D eigenvalue weighted by Crippen LogP contribution is -2.16. The summed E-state index contributed by atoms with van der Waals surface area (Å²) in [6, 6.07) is 36.8. The van der Waals surface area contributed by atoms with Crippen molar-refractivity contribution in [1.82, 2.24) is 4.98 Å². The summed E-state index contributed by atoms with van der Waals surface area (Å²) >= 11 is 0. The van der Waals surface area contributed by atoms with Gasteiger partial charge in [-0.1, -0.05) is 83.4 Å². The Morgan fingerprint density at radius 2 is 1.00 bits per heavy atom. The molecule has 0 aliphatic rings. The van der Waals surface area contributed by atoms with Gasteiger partial charge in [-0.25, -0.2) is 4.98 Å². The minimum atomic E-state index is 0.883. The molecule has 0 bridgehead atoms. The van der Waals surface area contributed by atoms with Crippen molar-refractivity contribution in [2.24, 2.45) is 0 Å². The largest absolute Gasteiger partial charge is 0.329 e. The number of benzene rings is 4. The summed E-state index contributed by atoms with van der Waals surface area (Å²) in [6.07, 6.45) is 0. The van der Waals surface area contributed by atoms with E-state index in [9.17, 15) is 0 Å². The van der Waals surface area contributed by atoms with Crippen LogP contribution in [0.3, 0.4) is 0 Å². The van der Waals surface area contributed by atoms with Crippen LogP contribution >= 0.6 is 0 Å². The van der Waals surface area contributed by atoms with E-state index in [4.69, 9.17) is 4.98 Å². The molecule has 0 radical (unpaired) electrons. The van der Waals surface area contributed by atoms with Gasteiger partial charge in [0, 0.05) is 18.4 Å². The maximum atomic E-state index is 5.17. The van der Waals surface area contributed by atoms with Crippen molar-refractivity contribution in [3.8, 4) is 11.1 Å². The molecule has 3 heteroatoms. The van der Waals surface area contributed by atoms with Gasteiger partial charge in [-0.15, -0.1) is 0 Å². The van der Waals surface area contributed by atoms with Crippen LogP contribution in [0.1, 0.15) is 27.8 Å². The second-order valence-corrected chi connectivity index (χ2v) is 10.2. The molecule has 0 saturated heterocycles. The number of hydrogen-bond acceptors (Lipinski definition) is 3. The maximum absolute atomic E-state index is 5.17. The van der Waals surface area contributed by atoms with Gasteiger partial charge in [-0.05, 0) is 93.3 Å². The molecule has 0 atom stereocenters. The predicted octanol–water partition coefficient (Wildman–Crippen LogP) is 9.53. The molecule has 1 aromatic heterocycles. The molecule has 1 heterocycles. The third kappa shape index (κ3) is 5.19. The topological polar surface area (TPSA) is 19.4 Å². The quantitative estimate of drug-likeness (QED) is 0.233. The Balaban J connectivity index is 1.58. The van der Waals surface area contributed by atoms with Crippen molar-refractivity contribution >= 4 is 28.7 Å². The monoisotopic (exact) mass is 497 g/mol. The average molecular weight is 498 g/mol. The second kappa shape index (κ2) is 10.5. The molecule has 5 rings (SSSR count). The molecule has 190 valence electrons. The lowest BCUT2D eigenvalue weighted by atomic mass is 10.0. The zero-order valence-corrected chi connectivity index (χ0v) is 23.2. The second-order valence-electron chi connectivity index (χ2n) is 10.2. The van der Waals surface area contributed by atoms with Gasteiger partial charge in [-0.3, -0.25) is 4.90 Å². The number of aromatic nitrogens is 1. The molecule has 0 spiro atoms. The molecule has 0 amide bonds. The highest BCUT2D eigenvalue weighted by Crippen LogP contribution is 2.38. The van der Waals surface area contributed by atoms with Gasteiger partial charge in [0.2, 0.25) is 0 Å². The molecule has 3 nitrogen and oxygen atoms in total. The van der Waals surface area contributed by atoms with Crippen molar-refractivity contribution < 1.29 is 0 Å². The third-order valence-corrected chi connectivity index (χ3v) is 7.11. The SMILES string of the molecule is Cc1ccc(-c2ccc(N(c3cccc(N(C)c4ccc(C)cc4C)n3)c3ccc(C)cc3C)cc2)cc1. The first-order valence-corrected chi connectivity index (χ1v) is 13.1. The fraction of sp³-hybridized carbons (Fsp3) is 0.171. The Morgan fingerprint density at radius 3 is 1.58 bits per heavy atom. The maximum Gasteiger partial charge on any atom is 0.140 e. The van der Waals surface area contributed by atoms with E-state index in [-0.39, 0.29) is 0 Å². The van der Waals surface area contributed by atoms with Crippen molar-refractivity contribution in [1.29, 1.82) is 0 Å². The standard InChI is InChI=1S/C35H35N3/c1-24-10-14-29(15-11-24)30-16-18-31(19-17-30)38(33-21-13-26(3)23-28(33)5)35-9-7-8-34(36-35)37(6)32-20-12-25(2)22-27(32)4/h7-23H,1-6H3. The Labute approximate surface area is 227 Å². The molecule has 0 aliphatic heterocycles. The average Bonchev–Trinajstić information content (AvgIpc) is 2.91. The van der Waals surface area contributed by atoms with E-state index in [1.54, 1.807) is 0 Å². The molecule has 38 heavy (non-hydrogen) atoms. The van der Waals surface area contributed by atoms with Gasteiger partial charge in [0.05, 0.1) is 5.69 Å². The van der Waals surface area contributed by atoms with E-state index in [1.807, 2.05) is 0 Å². The van der Waals surface area contributed by atoms with Crippen LogP contribution in [-0.2, 0) is 0 Å². The van der Waals surface area contributed by atoms with Crippen LogP contribution in [0.25, 0.3) is 11.1 Å². The smallest absolute Gasteiger partial charge is 0.140 e. The van der Waals surface area contributed by atoms with Crippen LogP contribution in [0.2, 0.25) is 0 Å². The van der Waals surface area contributed by atoms with Crippen LogP contribution in [0.4, 0.5) is 28.7 Å². The van der Waals surface area contributed by atoms with Crippen LogP contribution in [0.5, 0.6) is 0 Å². The van der Waals surface area contributed by atoms with E-state index in [1.165, 1.54) is 38.9 Å². The summed E-state index contributed by atoms with van der Waals surface area (Å²) in [6.45, 7) is 10.7. The molecule has 0 fully saturated rings. The summed E-state index contributed by atoms with van der Waals surface area (Å²) in [5.41, 5.74) is 12.0. The summed E-state index contributed by atoms with van der Waals surface area (Å²) in [7, 11) is 2.08. The number of nitrogens with zero attached hydrogens (tertiary/aromatic N) is 3. The predicted molar refractivity (Wildman–Crippen MR) is 163 cm³/mol. The molecule has 0 aliphatic carbocycles. The number of anilines is 5. The summed E-state index contributed by atoms with van der Waals surface area (Å²) in [5.74, 6) is 1.79. The lowest BCUT2D eigenvalue weighted by Gasteiger charge is -2.28. The highest BCUT2D eigenvalue weighted by atomic mass is 15.2. The Kier molecular flexibility index (Phi) is 7.02. The van der Waals surface area contributed by atoms with Crippen LogP contribution in [0, 0.1) is 34.6 Å². The normalized spacial score (nSPS) is 10.9. The Hall–Kier alpha value is -4.37. The number of hydrogen-bond donors (Lipinski definition) is 0. The summed E-state index contributed by atoms with van der Waals surface area (Å²) < 4.78 is 0. The van der Waals surface area contributed by atoms with Crippen LogP contribution < -0.4 is 9.80 Å². The number of pyridine rings is 1. The first-order chi connectivity index (χ1) is 18.3. The molecule has 0 saturated carbocycles. The molecular formula is C35H35N3. The van der Waals surface area contributed by atoms with E-state index < -0.39 is 0 Å². The van der Waals surface area contributed by atoms with Crippen molar-refractivity contribution in [3.05, 3.63) is 131 Å². The molecule has 0 unspecified atom stereocenters. The highest BCUT2D eigenvalue weighted by Gasteiger charge is 2.18. The molecule has 0 N–H and O–H groups in total. The van der Waals surface area contributed by atoms with Gasteiger partial charge in [0.15, 0.2) is 0 Å². The Bertz CT molecular complexity index is 1570. The van der Waals surface area contributed by atoms with Gasteiger partial charge in [0.1, 0.15) is 11.6 Å². The highest BCUT2D eigenvalue weighted by molar-refractivity contribution is 5.79. The van der Waals surface area contributed by atoms with E-state index in [0.29, 0.717) is 0 Å². The fourth-order valence-corrected chi connectivity index (χ4v) is 5.03. The summed E-state index contributed by atoms with van der Waals surface area (Å²) in [5, 5.41) is 0. The van der Waals surface area contributed by atoms with Crippen molar-refractivity contribution in [3.63, 3.8) is 0 Å². The molecular weight excluding hydrogens is 462 g/mol. The van der Waals surface area contributed by atoms with Crippen LogP contribution in [-0.4, -0.2) is 12.0 Å². The van der Waals surface area contributed by atoms with Gasteiger partial charge in [0.25, 0.3) is 0 Å². The minimum Gasteiger partial charge on any atom is -0.329 e. The van der Waals surface area contributed by atoms with E-state index >= 15 is 0 Å². The fourth-order valence-electron chi connectivity index (χ4n) is 5.03. The molecule has 4 aromatic carbocycles. The van der Waals surface area contributed by atoms with Gasteiger partial charge in [-0.2, -0.15) is 0 Å². The first kappa shape index (κ1) is 25.3. The molecule has 5 aromatic rings. The zero-order valence-electron chi connectivity index (χ0n) is 23.2.